The summed E-state index contributed by atoms with van der Waals surface area (Å²) in [6, 6.07) is 7.19. The van der Waals surface area contributed by atoms with Crippen LogP contribution in [0.5, 0.6) is 0 Å². The fraction of sp³-hybridized carbons (Fsp3) is 0.429. The summed E-state index contributed by atoms with van der Waals surface area (Å²) in [6.07, 6.45) is 0. The predicted molar refractivity (Wildman–Crippen MR) is 81.5 cm³/mol. The Morgan fingerprint density at radius 3 is 2.55 bits per heavy atom. The molecule has 1 aromatic rings. The number of carbonyl (C=O) groups is 2. The first-order valence-corrected chi connectivity index (χ1v) is 7.47. The molecule has 108 valence electrons. The van der Waals surface area contributed by atoms with Crippen LogP contribution >= 0.6 is 15.9 Å². The van der Waals surface area contributed by atoms with E-state index in [1.807, 2.05) is 12.1 Å². The number of halogens is 1. The standard InChI is InChI=1S/C14H18BrN3O2/c1-2-17-6-8-18(9-7-17)14(20)13(19)16-12-5-3-4-11(15)10-12/h3-5,10H,2,6-9H2,1H3,(H,16,19). The van der Waals surface area contributed by atoms with Crippen molar-refractivity contribution in [1.29, 1.82) is 0 Å². The van der Waals surface area contributed by atoms with Crippen LogP contribution in [0.4, 0.5) is 5.69 Å². The lowest BCUT2D eigenvalue weighted by atomic mass is 10.3. The van der Waals surface area contributed by atoms with E-state index in [4.69, 9.17) is 0 Å². The number of nitrogens with zero attached hydrogens (tertiary/aromatic N) is 2. The van der Waals surface area contributed by atoms with Crippen molar-refractivity contribution in [3.63, 3.8) is 0 Å². The molecule has 1 fully saturated rings. The van der Waals surface area contributed by atoms with E-state index in [0.717, 1.165) is 24.1 Å². The van der Waals surface area contributed by atoms with Crippen LogP contribution in [0.1, 0.15) is 6.92 Å². The smallest absolute Gasteiger partial charge is 0.313 e. The molecule has 0 atom stereocenters. The van der Waals surface area contributed by atoms with Gasteiger partial charge in [-0.3, -0.25) is 9.59 Å². The Bertz CT molecular complexity index is 499. The van der Waals surface area contributed by atoms with E-state index < -0.39 is 11.8 Å². The monoisotopic (exact) mass is 339 g/mol. The number of benzene rings is 1. The van der Waals surface area contributed by atoms with Crippen LogP contribution in [0.25, 0.3) is 0 Å². The van der Waals surface area contributed by atoms with Crippen LogP contribution in [0, 0.1) is 0 Å². The van der Waals surface area contributed by atoms with E-state index in [2.05, 4.69) is 33.1 Å². The Morgan fingerprint density at radius 2 is 1.95 bits per heavy atom. The molecule has 6 heteroatoms. The number of likely N-dealkylation sites (N-methyl/N-ethyl adjacent to an activating group) is 1. The van der Waals surface area contributed by atoms with E-state index in [-0.39, 0.29) is 0 Å². The Balaban J connectivity index is 1.91. The summed E-state index contributed by atoms with van der Waals surface area (Å²) in [4.78, 5) is 27.9. The van der Waals surface area contributed by atoms with E-state index >= 15 is 0 Å². The van der Waals surface area contributed by atoms with Crippen molar-refractivity contribution in [2.45, 2.75) is 6.92 Å². The van der Waals surface area contributed by atoms with Crippen molar-refractivity contribution in [3.05, 3.63) is 28.7 Å². The summed E-state index contributed by atoms with van der Waals surface area (Å²) >= 11 is 3.33. The zero-order valence-corrected chi connectivity index (χ0v) is 13.0. The third-order valence-electron chi connectivity index (χ3n) is 3.38. The number of carbonyl (C=O) groups excluding carboxylic acids is 2. The highest BCUT2D eigenvalue weighted by atomic mass is 79.9. The summed E-state index contributed by atoms with van der Waals surface area (Å²) in [5.74, 6) is -1.03. The fourth-order valence-corrected chi connectivity index (χ4v) is 2.56. The molecule has 5 nitrogen and oxygen atoms in total. The molecule has 20 heavy (non-hydrogen) atoms. The SMILES string of the molecule is CCN1CCN(C(=O)C(=O)Nc2cccc(Br)c2)CC1. The molecule has 2 rings (SSSR count). The number of piperazine rings is 1. The first-order valence-electron chi connectivity index (χ1n) is 6.68. The molecule has 0 spiro atoms. The Morgan fingerprint density at radius 1 is 1.25 bits per heavy atom. The van der Waals surface area contributed by atoms with Gasteiger partial charge < -0.3 is 15.1 Å². The molecule has 0 saturated carbocycles. The second kappa shape index (κ2) is 6.85. The number of hydrogen-bond donors (Lipinski definition) is 1. The lowest BCUT2D eigenvalue weighted by Crippen LogP contribution is -2.51. The highest BCUT2D eigenvalue weighted by Gasteiger charge is 2.25. The lowest BCUT2D eigenvalue weighted by Gasteiger charge is -2.33. The van der Waals surface area contributed by atoms with Gasteiger partial charge in [-0.05, 0) is 24.7 Å². The molecule has 1 N–H and O–H groups in total. The quantitative estimate of drug-likeness (QED) is 0.832. The molecule has 2 amide bonds. The molecule has 1 aliphatic heterocycles. The van der Waals surface area contributed by atoms with Gasteiger partial charge in [-0.1, -0.05) is 28.9 Å². The van der Waals surface area contributed by atoms with Crippen LogP contribution in [-0.4, -0.2) is 54.3 Å². The van der Waals surface area contributed by atoms with Crippen LogP contribution in [0.2, 0.25) is 0 Å². The molecular formula is C14H18BrN3O2. The van der Waals surface area contributed by atoms with Crippen molar-refractivity contribution < 1.29 is 9.59 Å². The lowest BCUT2D eigenvalue weighted by molar-refractivity contribution is -0.144. The number of anilines is 1. The minimum Gasteiger partial charge on any atom is -0.332 e. The molecular weight excluding hydrogens is 322 g/mol. The first kappa shape index (κ1) is 15.0. The molecule has 0 unspecified atom stereocenters. The van der Waals surface area contributed by atoms with Crippen molar-refractivity contribution in [2.75, 3.05) is 38.0 Å². The summed E-state index contributed by atoms with van der Waals surface area (Å²) in [7, 11) is 0. The maximum absolute atomic E-state index is 12.1. The molecule has 1 saturated heterocycles. The maximum Gasteiger partial charge on any atom is 0.313 e. The van der Waals surface area contributed by atoms with Crippen molar-refractivity contribution in [1.82, 2.24) is 9.80 Å². The molecule has 0 aliphatic carbocycles. The van der Waals surface area contributed by atoms with Gasteiger partial charge in [0.25, 0.3) is 0 Å². The second-order valence-electron chi connectivity index (χ2n) is 4.69. The van der Waals surface area contributed by atoms with E-state index in [1.165, 1.54) is 0 Å². The Labute approximate surface area is 127 Å². The van der Waals surface area contributed by atoms with Gasteiger partial charge in [0, 0.05) is 36.3 Å². The van der Waals surface area contributed by atoms with Crippen LogP contribution in [0.3, 0.4) is 0 Å². The summed E-state index contributed by atoms with van der Waals surface area (Å²) in [6.45, 7) is 5.94. The normalized spacial score (nSPS) is 16.0. The maximum atomic E-state index is 12.1. The van der Waals surface area contributed by atoms with Gasteiger partial charge in [0.15, 0.2) is 0 Å². The van der Waals surface area contributed by atoms with Gasteiger partial charge in [0.2, 0.25) is 0 Å². The summed E-state index contributed by atoms with van der Waals surface area (Å²) in [5.41, 5.74) is 0.616. The van der Waals surface area contributed by atoms with Gasteiger partial charge in [-0.2, -0.15) is 0 Å². The topological polar surface area (TPSA) is 52.7 Å². The number of nitrogens with one attached hydrogen (secondary N) is 1. The van der Waals surface area contributed by atoms with Crippen LogP contribution in [-0.2, 0) is 9.59 Å². The van der Waals surface area contributed by atoms with Crippen molar-refractivity contribution >= 4 is 33.4 Å². The van der Waals surface area contributed by atoms with Gasteiger partial charge in [-0.15, -0.1) is 0 Å². The number of amides is 2. The average Bonchev–Trinajstić information content (AvgIpc) is 2.46. The predicted octanol–water partition coefficient (Wildman–Crippen LogP) is 1.55. The Hall–Kier alpha value is -1.40. The summed E-state index contributed by atoms with van der Waals surface area (Å²) in [5, 5.41) is 2.63. The van der Waals surface area contributed by atoms with E-state index in [1.54, 1.807) is 17.0 Å². The zero-order chi connectivity index (χ0) is 14.5. The largest absolute Gasteiger partial charge is 0.332 e. The van der Waals surface area contributed by atoms with Gasteiger partial charge in [-0.25, -0.2) is 0 Å². The van der Waals surface area contributed by atoms with Gasteiger partial charge in [0.05, 0.1) is 0 Å². The third-order valence-corrected chi connectivity index (χ3v) is 3.88. The van der Waals surface area contributed by atoms with E-state index in [9.17, 15) is 9.59 Å². The molecule has 0 radical (unpaired) electrons. The number of rotatable bonds is 2. The molecule has 0 bridgehead atoms. The minimum absolute atomic E-state index is 0.458. The number of hydrogen-bond acceptors (Lipinski definition) is 3. The molecule has 0 aromatic heterocycles. The highest BCUT2D eigenvalue weighted by molar-refractivity contribution is 9.10. The average molecular weight is 340 g/mol. The molecule has 1 aromatic carbocycles. The second-order valence-corrected chi connectivity index (χ2v) is 5.61. The van der Waals surface area contributed by atoms with Gasteiger partial charge >= 0.3 is 11.8 Å². The van der Waals surface area contributed by atoms with Crippen LogP contribution in [0.15, 0.2) is 28.7 Å². The highest BCUT2D eigenvalue weighted by Crippen LogP contribution is 2.15. The minimum atomic E-state index is -0.576. The van der Waals surface area contributed by atoms with Crippen molar-refractivity contribution in [3.8, 4) is 0 Å². The van der Waals surface area contributed by atoms with E-state index in [0.29, 0.717) is 18.8 Å². The van der Waals surface area contributed by atoms with Crippen LogP contribution < -0.4 is 5.32 Å². The summed E-state index contributed by atoms with van der Waals surface area (Å²) < 4.78 is 0.860. The third kappa shape index (κ3) is 3.80. The zero-order valence-electron chi connectivity index (χ0n) is 11.4. The fourth-order valence-electron chi connectivity index (χ4n) is 2.16. The molecule has 1 aliphatic rings. The van der Waals surface area contributed by atoms with Gasteiger partial charge in [0.1, 0.15) is 0 Å². The first-order chi connectivity index (χ1) is 9.60. The molecule has 1 heterocycles. The Kier molecular flexibility index (Phi) is 5.14. The van der Waals surface area contributed by atoms with Crippen molar-refractivity contribution in [2.24, 2.45) is 0 Å².